The first-order chi connectivity index (χ1) is 8.24. The van der Waals surface area contributed by atoms with Crippen molar-refractivity contribution in [2.45, 2.75) is 20.3 Å². The van der Waals surface area contributed by atoms with Gasteiger partial charge in [-0.25, -0.2) is 0 Å². The lowest BCUT2D eigenvalue weighted by Crippen LogP contribution is -1.92. The van der Waals surface area contributed by atoms with E-state index < -0.39 is 0 Å². The minimum atomic E-state index is 0.686. The molecule has 86 valence electrons. The van der Waals surface area contributed by atoms with E-state index in [9.17, 15) is 0 Å². The van der Waals surface area contributed by atoms with Gasteiger partial charge in [0.15, 0.2) is 0 Å². The average Bonchev–Trinajstić information content (AvgIpc) is 2.66. The Bertz CT molecular complexity index is 661. The van der Waals surface area contributed by atoms with Crippen molar-refractivity contribution in [3.63, 3.8) is 0 Å². The molecule has 1 aromatic heterocycles. The molecule has 1 heterocycles. The number of para-hydroxylation sites is 1. The molecule has 0 fully saturated rings. The predicted octanol–water partition coefficient (Wildman–Crippen LogP) is 4.78. The maximum absolute atomic E-state index is 5.81. The van der Waals surface area contributed by atoms with Crippen LogP contribution in [0.3, 0.4) is 0 Å². The van der Waals surface area contributed by atoms with E-state index in [-0.39, 0.29) is 0 Å². The van der Waals surface area contributed by atoms with Gasteiger partial charge in [0, 0.05) is 10.8 Å². The van der Waals surface area contributed by atoms with Crippen molar-refractivity contribution < 1.29 is 4.42 Å². The maximum Gasteiger partial charge on any atom is 0.135 e. The van der Waals surface area contributed by atoms with Gasteiger partial charge in [-0.15, -0.1) is 0 Å². The fraction of sp³-hybridized carbons (Fsp3) is 0.250. The maximum atomic E-state index is 5.81. The van der Waals surface area contributed by atoms with E-state index in [1.165, 1.54) is 16.3 Å². The van der Waals surface area contributed by atoms with Crippen LogP contribution in [-0.4, -0.2) is 0 Å². The van der Waals surface area contributed by atoms with Crippen molar-refractivity contribution in [1.82, 2.24) is 0 Å². The number of hydrogen-bond donors (Lipinski definition) is 0. The Hall–Kier alpha value is -1.76. The van der Waals surface area contributed by atoms with E-state index in [4.69, 9.17) is 4.42 Å². The van der Waals surface area contributed by atoms with E-state index in [1.54, 1.807) is 0 Å². The van der Waals surface area contributed by atoms with Crippen LogP contribution in [0.5, 0.6) is 0 Å². The summed E-state index contributed by atoms with van der Waals surface area (Å²) in [6.45, 7) is 4.50. The molecule has 0 unspecified atom stereocenters. The molecule has 1 nitrogen and oxygen atoms in total. The van der Waals surface area contributed by atoms with Gasteiger partial charge in [0.25, 0.3) is 0 Å². The van der Waals surface area contributed by atoms with Crippen LogP contribution in [0.4, 0.5) is 0 Å². The Morgan fingerprint density at radius 1 is 0.941 bits per heavy atom. The third-order valence-corrected chi connectivity index (χ3v) is 3.09. The van der Waals surface area contributed by atoms with E-state index in [0.29, 0.717) is 5.92 Å². The van der Waals surface area contributed by atoms with E-state index in [2.05, 4.69) is 44.2 Å². The Morgan fingerprint density at radius 2 is 1.71 bits per heavy atom. The molecule has 0 aliphatic carbocycles. The SMILES string of the molecule is CC(C)Cc1ccc2oc3ccccc3c2c1. The predicted molar refractivity (Wildman–Crippen MR) is 72.3 cm³/mol. The average molecular weight is 224 g/mol. The van der Waals surface area contributed by atoms with Crippen molar-refractivity contribution in [2.24, 2.45) is 5.92 Å². The zero-order valence-corrected chi connectivity index (χ0v) is 10.2. The summed E-state index contributed by atoms with van der Waals surface area (Å²) in [7, 11) is 0. The van der Waals surface area contributed by atoms with Crippen molar-refractivity contribution >= 4 is 21.9 Å². The second-order valence-electron chi connectivity index (χ2n) is 5.03. The quantitative estimate of drug-likeness (QED) is 0.610. The number of furan rings is 1. The Morgan fingerprint density at radius 3 is 2.53 bits per heavy atom. The molecule has 0 radical (unpaired) electrons. The molecule has 1 heteroatoms. The summed E-state index contributed by atoms with van der Waals surface area (Å²) in [4.78, 5) is 0. The third kappa shape index (κ3) is 1.82. The first-order valence-electron chi connectivity index (χ1n) is 6.14. The molecule has 17 heavy (non-hydrogen) atoms. The fourth-order valence-electron chi connectivity index (χ4n) is 2.37. The summed E-state index contributed by atoms with van der Waals surface area (Å²) in [5.74, 6) is 0.686. The summed E-state index contributed by atoms with van der Waals surface area (Å²) in [5.41, 5.74) is 3.35. The molecule has 0 atom stereocenters. The minimum absolute atomic E-state index is 0.686. The van der Waals surface area contributed by atoms with Crippen molar-refractivity contribution in [1.29, 1.82) is 0 Å². The Kier molecular flexibility index (Phi) is 2.40. The van der Waals surface area contributed by atoms with Gasteiger partial charge < -0.3 is 4.42 Å². The van der Waals surface area contributed by atoms with Crippen molar-refractivity contribution in [3.05, 3.63) is 48.0 Å². The van der Waals surface area contributed by atoms with Crippen LogP contribution < -0.4 is 0 Å². The first-order valence-corrected chi connectivity index (χ1v) is 6.14. The smallest absolute Gasteiger partial charge is 0.135 e. The monoisotopic (exact) mass is 224 g/mol. The highest BCUT2D eigenvalue weighted by molar-refractivity contribution is 6.04. The molecule has 0 amide bonds. The summed E-state index contributed by atoms with van der Waals surface area (Å²) >= 11 is 0. The number of fused-ring (bicyclic) bond motifs is 3. The fourth-order valence-corrected chi connectivity index (χ4v) is 2.37. The number of hydrogen-bond acceptors (Lipinski definition) is 1. The van der Waals surface area contributed by atoms with Crippen molar-refractivity contribution in [2.75, 3.05) is 0 Å². The van der Waals surface area contributed by atoms with Crippen LogP contribution in [0.1, 0.15) is 19.4 Å². The van der Waals surface area contributed by atoms with Gasteiger partial charge in [0.2, 0.25) is 0 Å². The van der Waals surface area contributed by atoms with Crippen LogP contribution in [0.25, 0.3) is 21.9 Å². The zero-order valence-electron chi connectivity index (χ0n) is 10.2. The zero-order chi connectivity index (χ0) is 11.8. The van der Waals surface area contributed by atoms with E-state index in [1.807, 2.05) is 12.1 Å². The molecule has 0 aliphatic heterocycles. The van der Waals surface area contributed by atoms with Gasteiger partial charge in [-0.1, -0.05) is 38.1 Å². The molecule has 2 aromatic carbocycles. The van der Waals surface area contributed by atoms with Gasteiger partial charge in [-0.3, -0.25) is 0 Å². The Labute approximate surface area is 101 Å². The van der Waals surface area contributed by atoms with Crippen LogP contribution in [0.15, 0.2) is 46.9 Å². The summed E-state index contributed by atoms with van der Waals surface area (Å²) in [6.07, 6.45) is 1.12. The second-order valence-corrected chi connectivity index (χ2v) is 5.03. The molecule has 0 spiro atoms. The normalized spacial score (nSPS) is 11.7. The van der Waals surface area contributed by atoms with Crippen LogP contribution in [-0.2, 0) is 6.42 Å². The van der Waals surface area contributed by atoms with E-state index >= 15 is 0 Å². The van der Waals surface area contributed by atoms with E-state index in [0.717, 1.165) is 17.6 Å². The molecule has 0 bridgehead atoms. The minimum Gasteiger partial charge on any atom is -0.456 e. The molecule has 3 aromatic rings. The number of rotatable bonds is 2. The van der Waals surface area contributed by atoms with Crippen LogP contribution >= 0.6 is 0 Å². The largest absolute Gasteiger partial charge is 0.456 e. The van der Waals surface area contributed by atoms with Crippen LogP contribution in [0, 0.1) is 5.92 Å². The summed E-state index contributed by atoms with van der Waals surface area (Å²) in [5, 5.41) is 2.45. The molecule has 0 saturated carbocycles. The second kappa shape index (κ2) is 3.92. The van der Waals surface area contributed by atoms with Gasteiger partial charge in [-0.05, 0) is 36.1 Å². The van der Waals surface area contributed by atoms with Crippen molar-refractivity contribution in [3.8, 4) is 0 Å². The Balaban J connectivity index is 2.23. The topological polar surface area (TPSA) is 13.1 Å². The molecular weight excluding hydrogens is 208 g/mol. The standard InChI is InChI=1S/C16H16O/c1-11(2)9-12-7-8-16-14(10-12)13-5-3-4-6-15(13)17-16/h3-8,10-11H,9H2,1-2H3. The van der Waals surface area contributed by atoms with Gasteiger partial charge in [0.1, 0.15) is 11.2 Å². The van der Waals surface area contributed by atoms with Gasteiger partial charge >= 0.3 is 0 Å². The lowest BCUT2D eigenvalue weighted by molar-refractivity contribution is 0.646. The highest BCUT2D eigenvalue weighted by Crippen LogP contribution is 2.29. The molecule has 0 aliphatic rings. The molecule has 0 N–H and O–H groups in total. The molecule has 0 saturated heterocycles. The van der Waals surface area contributed by atoms with Crippen LogP contribution in [0.2, 0.25) is 0 Å². The third-order valence-electron chi connectivity index (χ3n) is 3.09. The first kappa shape index (κ1) is 10.4. The lowest BCUT2D eigenvalue weighted by atomic mass is 10.0. The number of benzene rings is 2. The van der Waals surface area contributed by atoms with Gasteiger partial charge in [-0.2, -0.15) is 0 Å². The molecular formula is C16H16O. The highest BCUT2D eigenvalue weighted by Gasteiger charge is 2.07. The highest BCUT2D eigenvalue weighted by atomic mass is 16.3. The summed E-state index contributed by atoms with van der Waals surface area (Å²) < 4.78 is 5.81. The van der Waals surface area contributed by atoms with Gasteiger partial charge in [0.05, 0.1) is 0 Å². The lowest BCUT2D eigenvalue weighted by Gasteiger charge is -2.04. The summed E-state index contributed by atoms with van der Waals surface area (Å²) in [6, 6.07) is 14.8. The molecule has 3 rings (SSSR count).